The van der Waals surface area contributed by atoms with Crippen LogP contribution in [0.2, 0.25) is 0 Å². The second-order valence-corrected chi connectivity index (χ2v) is 22.4. The van der Waals surface area contributed by atoms with E-state index < -0.39 is 6.10 Å². The molecule has 1 atom stereocenters. The van der Waals surface area contributed by atoms with E-state index in [1.54, 1.807) is 16.7 Å². The summed E-state index contributed by atoms with van der Waals surface area (Å²) in [6, 6.07) is 0. The maximum absolute atomic E-state index is 10.9. The van der Waals surface area contributed by atoms with E-state index in [4.69, 9.17) is 81.0 Å². The fourth-order valence-corrected chi connectivity index (χ4v) is 9.59. The van der Waals surface area contributed by atoms with Crippen LogP contribution in [0.1, 0.15) is 40.5 Å². The molecule has 0 radical (unpaired) electrons. The number of carbonyl (C=O) groups is 3. The molecule has 0 aromatic rings. The van der Waals surface area contributed by atoms with Crippen molar-refractivity contribution in [2.24, 2.45) is 17.4 Å². The molecule has 0 aromatic carbocycles. The van der Waals surface area contributed by atoms with Crippen LogP contribution in [-0.4, -0.2) is 405 Å². The minimum absolute atomic E-state index is 0.00460. The topological polar surface area (TPSA) is 285 Å². The molecule has 2 amide bonds. The minimum atomic E-state index is -0.604. The van der Waals surface area contributed by atoms with Gasteiger partial charge in [0.15, 0.2) is 0 Å². The molecule has 9 aliphatic heterocycles. The Bertz CT molecular complexity index is 1530. The number of nitrogens with zero attached hydrogens (tertiary/aromatic N) is 9. The SMILES string of the molecule is CC(=O)N1CCOCC1.CC(C)CN1CCOCC1.CCN1CCOCC1.COC(=O)CCN1CCOCC1.NCCCN1CCOCC1.NCCN1CCOCC1.O=C(CCl)N1CCOCC1.OCC(O)CN1CCOCC1.OCCN1CCOCC1. The Morgan fingerprint density at radius 2 is 0.795 bits per heavy atom. The second-order valence-electron chi connectivity index (χ2n) is 22.1. The van der Waals surface area contributed by atoms with E-state index in [9.17, 15) is 14.4 Å². The van der Waals surface area contributed by atoms with Gasteiger partial charge in [-0.2, -0.15) is 0 Å². The predicted molar refractivity (Wildman–Crippen MR) is 342 cm³/mol. The number of ether oxygens (including phenoxy) is 10. The second kappa shape index (κ2) is 59.8. The predicted octanol–water partition coefficient (Wildman–Crippen LogP) is -1.93. The highest BCUT2D eigenvalue weighted by atomic mass is 35.5. The largest absolute Gasteiger partial charge is 0.469 e. The van der Waals surface area contributed by atoms with Gasteiger partial charge in [0, 0.05) is 164 Å². The molecule has 0 aromatic heterocycles. The van der Waals surface area contributed by atoms with Gasteiger partial charge in [-0.3, -0.25) is 48.7 Å². The molecule has 88 heavy (non-hydrogen) atoms. The first kappa shape index (κ1) is 83.9. The zero-order chi connectivity index (χ0) is 64.5. The quantitative estimate of drug-likeness (QED) is 0.0783. The van der Waals surface area contributed by atoms with Gasteiger partial charge in [0.2, 0.25) is 11.8 Å². The fraction of sp³-hybridized carbons (Fsp3) is 0.950. The number of halogens is 1. The van der Waals surface area contributed by atoms with Crippen LogP contribution in [0.5, 0.6) is 0 Å². The molecule has 7 N–H and O–H groups in total. The standard InChI is InChI=1S/C8H15NO3.C8H17NO.C7H16N2O.C7H15NO3.C6H10ClNO2.C6H14N2O.C6H11NO2.C6H13NO2.C6H13NO/c1-11-8(10)2-3-9-4-6-12-7-5-9;1-8(2)7-9-3-5-10-6-4-9;8-2-1-3-9-4-6-10-7-5-9;9-6-7(10)5-8-1-3-11-4-2-8;7-5-6(9)8-1-3-10-4-2-8;7-1-2-8-3-5-9-6-4-8;1-6(8)7-2-4-9-5-3-7;8-4-1-7-2-5-9-6-3-7;1-2-7-3-5-8-6-4-7/h2-7H2,1H3;8H,3-7H2,1-2H3;1-8H2;7,9-10H,1-6H2;1-5H2;1-7H2;2-5H2,1H3;8H,1-6H2;2-6H2,1H3. The van der Waals surface area contributed by atoms with E-state index >= 15 is 0 Å². The summed E-state index contributed by atoms with van der Waals surface area (Å²) < 4.78 is 50.9. The van der Waals surface area contributed by atoms with E-state index in [1.807, 2.05) is 0 Å². The Kier molecular flexibility index (Phi) is 57.0. The molecule has 27 nitrogen and oxygen atoms in total. The van der Waals surface area contributed by atoms with Crippen LogP contribution in [0.4, 0.5) is 0 Å². The average Bonchev–Trinajstić information content (AvgIpc) is 3.61. The van der Waals surface area contributed by atoms with Gasteiger partial charge in [-0.15, -0.1) is 11.6 Å². The van der Waals surface area contributed by atoms with Gasteiger partial charge in [-0.1, -0.05) is 20.8 Å². The first-order valence-electron chi connectivity index (χ1n) is 32.5. The maximum atomic E-state index is 10.9. The number of amides is 2. The Hall–Kier alpha value is -2.14. The molecule has 0 spiro atoms. The van der Waals surface area contributed by atoms with Crippen LogP contribution in [0.15, 0.2) is 0 Å². The lowest BCUT2D eigenvalue weighted by Crippen LogP contribution is -2.41. The molecule has 0 bridgehead atoms. The van der Waals surface area contributed by atoms with Gasteiger partial charge in [-0.25, -0.2) is 0 Å². The van der Waals surface area contributed by atoms with Crippen LogP contribution >= 0.6 is 11.6 Å². The zero-order valence-electron chi connectivity index (χ0n) is 55.2. The first-order chi connectivity index (χ1) is 42.8. The molecule has 522 valence electrons. The number of aliphatic hydroxyl groups is 3. The number of hydrogen-bond donors (Lipinski definition) is 5. The summed E-state index contributed by atoms with van der Waals surface area (Å²) in [4.78, 5) is 51.9. The summed E-state index contributed by atoms with van der Waals surface area (Å²) in [5.74, 6) is 0.892. The number of rotatable bonds is 17. The Labute approximate surface area is 534 Å². The summed E-state index contributed by atoms with van der Waals surface area (Å²) in [6.45, 7) is 48.4. The molecule has 9 saturated heterocycles. The number of methoxy groups -OCH3 is 1. The van der Waals surface area contributed by atoms with Crippen molar-refractivity contribution < 1.29 is 77.1 Å². The highest BCUT2D eigenvalue weighted by Crippen LogP contribution is 2.04. The zero-order valence-corrected chi connectivity index (χ0v) is 56.0. The van der Waals surface area contributed by atoms with Crippen molar-refractivity contribution in [2.45, 2.75) is 46.6 Å². The lowest BCUT2D eigenvalue weighted by Gasteiger charge is -2.27. The van der Waals surface area contributed by atoms with Crippen molar-refractivity contribution >= 4 is 29.4 Å². The highest BCUT2D eigenvalue weighted by molar-refractivity contribution is 6.27. The van der Waals surface area contributed by atoms with E-state index in [0.29, 0.717) is 52.5 Å². The molecule has 1 unspecified atom stereocenters. The van der Waals surface area contributed by atoms with Gasteiger partial charge in [0.1, 0.15) is 5.88 Å². The van der Waals surface area contributed by atoms with Crippen molar-refractivity contribution in [1.29, 1.82) is 0 Å². The van der Waals surface area contributed by atoms with Crippen molar-refractivity contribution in [2.75, 3.05) is 322 Å². The molecule has 9 heterocycles. The van der Waals surface area contributed by atoms with Crippen LogP contribution in [-0.2, 0) is 61.8 Å². The van der Waals surface area contributed by atoms with Gasteiger partial charge in [-0.05, 0) is 32.0 Å². The number of aliphatic hydroxyl groups excluding tert-OH is 3. The van der Waals surface area contributed by atoms with E-state index in [-0.39, 0.29) is 36.9 Å². The lowest BCUT2D eigenvalue weighted by atomic mass is 10.2. The molecule has 28 heteroatoms. The Morgan fingerprint density at radius 3 is 1.09 bits per heavy atom. The number of hydrogen-bond acceptors (Lipinski definition) is 25. The number of β-amino-alcohol motifs (C(OH)–C–C–N with tert-alkyl or cyclic N) is 2. The third-order valence-electron chi connectivity index (χ3n) is 14.8. The summed E-state index contributed by atoms with van der Waals surface area (Å²) >= 11 is 5.35. The van der Waals surface area contributed by atoms with Crippen molar-refractivity contribution in [3.8, 4) is 0 Å². The molecule has 9 aliphatic rings. The number of likely N-dealkylation sites (N-methyl/N-ethyl adjacent to an activating group) is 1. The number of morpholine rings is 9. The van der Waals surface area contributed by atoms with E-state index in [1.165, 1.54) is 20.2 Å². The van der Waals surface area contributed by atoms with Crippen molar-refractivity contribution in [1.82, 2.24) is 44.1 Å². The molecule has 9 rings (SSSR count). The number of nitrogens with two attached hydrogens (primary N) is 2. The van der Waals surface area contributed by atoms with Gasteiger partial charge in [0.25, 0.3) is 0 Å². The van der Waals surface area contributed by atoms with Gasteiger partial charge >= 0.3 is 5.97 Å². The number of carbonyl (C=O) groups excluding carboxylic acids is 3. The first-order valence-corrected chi connectivity index (χ1v) is 33.1. The monoisotopic (exact) mass is 1290 g/mol. The van der Waals surface area contributed by atoms with Crippen molar-refractivity contribution in [3.05, 3.63) is 0 Å². The molecule has 0 saturated carbocycles. The molecule has 0 aliphatic carbocycles. The van der Waals surface area contributed by atoms with Crippen LogP contribution in [0.25, 0.3) is 0 Å². The Balaban J connectivity index is 0.000000496. The summed E-state index contributed by atoms with van der Waals surface area (Å²) in [7, 11) is 1.42. The third-order valence-corrected chi connectivity index (χ3v) is 15.0. The van der Waals surface area contributed by atoms with E-state index in [2.05, 4.69) is 59.8 Å². The summed E-state index contributed by atoms with van der Waals surface area (Å²) in [5.41, 5.74) is 10.8. The number of esters is 1. The average molecular weight is 1290 g/mol. The maximum Gasteiger partial charge on any atom is 0.306 e. The third kappa shape index (κ3) is 48.6. The summed E-state index contributed by atoms with van der Waals surface area (Å²) in [6.07, 6.45) is 0.990. The normalized spacial score (nSPS) is 21.4. The van der Waals surface area contributed by atoms with Crippen molar-refractivity contribution in [3.63, 3.8) is 0 Å². The highest BCUT2D eigenvalue weighted by Gasteiger charge is 2.18. The smallest absolute Gasteiger partial charge is 0.306 e. The Morgan fingerprint density at radius 1 is 0.466 bits per heavy atom. The molecular formula is C60H124ClN11O16. The van der Waals surface area contributed by atoms with Gasteiger partial charge < -0.3 is 84.0 Å². The fourth-order valence-electron chi connectivity index (χ4n) is 9.42. The van der Waals surface area contributed by atoms with Crippen LogP contribution < -0.4 is 11.5 Å². The van der Waals surface area contributed by atoms with Crippen LogP contribution in [0.3, 0.4) is 0 Å². The lowest BCUT2D eigenvalue weighted by molar-refractivity contribution is -0.141. The van der Waals surface area contributed by atoms with Crippen LogP contribution in [0, 0.1) is 5.92 Å². The minimum Gasteiger partial charge on any atom is -0.469 e. The number of alkyl halides is 1. The molecular weight excluding hydrogens is 1170 g/mol. The summed E-state index contributed by atoms with van der Waals surface area (Å²) in [5, 5.41) is 26.2. The van der Waals surface area contributed by atoms with Gasteiger partial charge in [0.05, 0.1) is 152 Å². The van der Waals surface area contributed by atoms with E-state index in [0.717, 1.165) is 249 Å². The molecule has 9 fully saturated rings.